The second kappa shape index (κ2) is 8.68. The molecule has 4 rings (SSSR count). The van der Waals surface area contributed by atoms with E-state index >= 15 is 0 Å². The van der Waals surface area contributed by atoms with Crippen LogP contribution in [0.1, 0.15) is 16.1 Å². The van der Waals surface area contributed by atoms with Crippen molar-refractivity contribution in [3.05, 3.63) is 94.2 Å². The summed E-state index contributed by atoms with van der Waals surface area (Å²) in [6, 6.07) is 18.7. The third-order valence-electron chi connectivity index (χ3n) is 4.51. The molecule has 0 spiro atoms. The highest BCUT2D eigenvalue weighted by atomic mass is 35.5. The molecule has 0 radical (unpaired) electrons. The van der Waals surface area contributed by atoms with Crippen LogP contribution in [0.15, 0.2) is 77.2 Å². The molecule has 0 saturated heterocycles. The van der Waals surface area contributed by atoms with Gasteiger partial charge in [0.15, 0.2) is 0 Å². The van der Waals surface area contributed by atoms with Crippen molar-refractivity contribution < 1.29 is 22.4 Å². The molecule has 1 aromatic heterocycles. The molecule has 162 valence electrons. The number of hydrogen-bond acceptors (Lipinski definition) is 3. The minimum atomic E-state index is -4.71. The molecule has 1 heterocycles. The van der Waals surface area contributed by atoms with Gasteiger partial charge in [0.25, 0.3) is 5.91 Å². The fourth-order valence-corrected chi connectivity index (χ4v) is 3.60. The lowest BCUT2D eigenvalue weighted by Crippen LogP contribution is -2.13. The predicted molar refractivity (Wildman–Crippen MR) is 117 cm³/mol. The normalized spacial score (nSPS) is 11.4. The fourth-order valence-electron chi connectivity index (χ4n) is 3.03. The van der Waals surface area contributed by atoms with Gasteiger partial charge in [0.2, 0.25) is 11.7 Å². The summed E-state index contributed by atoms with van der Waals surface area (Å²) in [5.41, 5.74) is 0.816. The number of rotatable bonds is 4. The minimum absolute atomic E-state index is 0.120. The number of oxazole rings is 1. The van der Waals surface area contributed by atoms with Crippen LogP contribution in [0.4, 0.5) is 18.9 Å². The van der Waals surface area contributed by atoms with Crippen LogP contribution in [0, 0.1) is 0 Å². The third kappa shape index (κ3) is 4.49. The van der Waals surface area contributed by atoms with Crippen LogP contribution < -0.4 is 5.32 Å². The maximum Gasteiger partial charge on any atom is 0.451 e. The number of anilines is 1. The quantitative estimate of drug-likeness (QED) is 0.330. The second-order valence-electron chi connectivity index (χ2n) is 6.69. The third-order valence-corrected chi connectivity index (χ3v) is 5.14. The monoisotopic (exact) mass is 476 g/mol. The molecule has 0 bridgehead atoms. The molecule has 9 heteroatoms. The van der Waals surface area contributed by atoms with E-state index < -0.39 is 17.8 Å². The van der Waals surface area contributed by atoms with Crippen LogP contribution in [0.2, 0.25) is 10.0 Å². The molecule has 0 fully saturated rings. The van der Waals surface area contributed by atoms with E-state index in [1.807, 2.05) is 0 Å². The lowest BCUT2D eigenvalue weighted by Gasteiger charge is -2.08. The number of carbonyl (C=O) groups is 1. The van der Waals surface area contributed by atoms with Crippen molar-refractivity contribution in [2.45, 2.75) is 6.18 Å². The first kappa shape index (κ1) is 21.9. The maximum atomic E-state index is 13.5. The van der Waals surface area contributed by atoms with Gasteiger partial charge in [0, 0.05) is 16.8 Å². The lowest BCUT2D eigenvalue weighted by molar-refractivity contribution is -0.152. The van der Waals surface area contributed by atoms with Gasteiger partial charge in [-0.3, -0.25) is 4.79 Å². The topological polar surface area (TPSA) is 55.1 Å². The smallest absolute Gasteiger partial charge is 0.431 e. The number of nitrogens with one attached hydrogen (secondary N) is 1. The molecule has 0 aliphatic carbocycles. The maximum absolute atomic E-state index is 13.5. The van der Waals surface area contributed by atoms with E-state index in [4.69, 9.17) is 27.6 Å². The molecule has 0 atom stereocenters. The first-order valence-electron chi connectivity index (χ1n) is 9.23. The standard InChI is InChI=1S/C23H13Cl2F3N2O2/c24-16-7-4-8-17(25)18(16)21(31)29-15-11-9-14(10-12-15)22-30-19(13-5-2-1-3-6-13)20(32-22)23(26,27)28/h1-12H,(H,29,31). The Bertz CT molecular complexity index is 1250. The van der Waals surface area contributed by atoms with E-state index in [9.17, 15) is 18.0 Å². The van der Waals surface area contributed by atoms with Gasteiger partial charge in [-0.2, -0.15) is 13.2 Å². The van der Waals surface area contributed by atoms with Crippen molar-refractivity contribution in [2.75, 3.05) is 5.32 Å². The van der Waals surface area contributed by atoms with Crippen LogP contribution in [0.3, 0.4) is 0 Å². The summed E-state index contributed by atoms with van der Waals surface area (Å²) in [7, 11) is 0. The summed E-state index contributed by atoms with van der Waals surface area (Å²) in [5, 5.41) is 3.03. The number of carbonyl (C=O) groups excluding carboxylic acids is 1. The van der Waals surface area contributed by atoms with E-state index in [1.54, 1.807) is 24.3 Å². The van der Waals surface area contributed by atoms with Crippen LogP contribution in [0.25, 0.3) is 22.7 Å². The van der Waals surface area contributed by atoms with Crippen molar-refractivity contribution in [1.29, 1.82) is 0 Å². The van der Waals surface area contributed by atoms with Crippen molar-refractivity contribution >= 4 is 34.8 Å². The number of halogens is 5. The Labute approximate surface area is 190 Å². The molecule has 4 nitrogen and oxygen atoms in total. The SMILES string of the molecule is O=C(Nc1ccc(-c2nc(-c3ccccc3)c(C(F)(F)F)o2)cc1)c1c(Cl)cccc1Cl. The summed E-state index contributed by atoms with van der Waals surface area (Å²) in [6.45, 7) is 0. The zero-order valence-electron chi connectivity index (χ0n) is 16.1. The molecule has 3 aromatic carbocycles. The molecule has 4 aromatic rings. The van der Waals surface area contributed by atoms with Gasteiger partial charge in [0.05, 0.1) is 15.6 Å². The van der Waals surface area contributed by atoms with E-state index in [0.29, 0.717) is 11.3 Å². The molecule has 1 amide bonds. The van der Waals surface area contributed by atoms with Gasteiger partial charge in [-0.05, 0) is 36.4 Å². The number of nitrogens with zero attached hydrogens (tertiary/aromatic N) is 1. The number of amides is 1. The first-order valence-corrected chi connectivity index (χ1v) is 9.99. The lowest BCUT2D eigenvalue weighted by atomic mass is 10.1. The Kier molecular flexibility index (Phi) is 5.95. The summed E-state index contributed by atoms with van der Waals surface area (Å²) in [4.78, 5) is 16.6. The van der Waals surface area contributed by atoms with Gasteiger partial charge >= 0.3 is 6.18 Å². The van der Waals surface area contributed by atoms with Gasteiger partial charge in [-0.25, -0.2) is 4.98 Å². The molecular formula is C23H13Cl2F3N2O2. The Morgan fingerprint density at radius 2 is 1.47 bits per heavy atom. The van der Waals surface area contributed by atoms with Crippen molar-refractivity contribution in [3.8, 4) is 22.7 Å². The highest BCUT2D eigenvalue weighted by Crippen LogP contribution is 2.39. The van der Waals surface area contributed by atoms with Gasteiger partial charge < -0.3 is 9.73 Å². The second-order valence-corrected chi connectivity index (χ2v) is 7.50. The van der Waals surface area contributed by atoms with E-state index in [-0.39, 0.29) is 32.8 Å². The highest BCUT2D eigenvalue weighted by molar-refractivity contribution is 6.40. The largest absolute Gasteiger partial charge is 0.451 e. The summed E-state index contributed by atoms with van der Waals surface area (Å²) >= 11 is 12.1. The Hall–Kier alpha value is -3.29. The highest BCUT2D eigenvalue weighted by Gasteiger charge is 2.40. The zero-order chi connectivity index (χ0) is 22.9. The number of aromatic nitrogens is 1. The van der Waals surface area contributed by atoms with Crippen LogP contribution >= 0.6 is 23.2 Å². The Balaban J connectivity index is 1.62. The average Bonchev–Trinajstić information content (AvgIpc) is 3.21. The predicted octanol–water partition coefficient (Wildman–Crippen LogP) is 7.59. The van der Waals surface area contributed by atoms with Crippen molar-refractivity contribution in [2.24, 2.45) is 0 Å². The molecule has 1 N–H and O–H groups in total. The van der Waals surface area contributed by atoms with Gasteiger partial charge in [-0.15, -0.1) is 0 Å². The molecule has 0 unspecified atom stereocenters. The minimum Gasteiger partial charge on any atom is -0.431 e. The van der Waals surface area contributed by atoms with E-state index in [1.165, 1.54) is 48.5 Å². The molecule has 32 heavy (non-hydrogen) atoms. The first-order chi connectivity index (χ1) is 15.2. The number of benzene rings is 3. The van der Waals surface area contributed by atoms with Crippen molar-refractivity contribution in [3.63, 3.8) is 0 Å². The average molecular weight is 477 g/mol. The van der Waals surface area contributed by atoms with Crippen molar-refractivity contribution in [1.82, 2.24) is 4.98 Å². The Morgan fingerprint density at radius 1 is 0.844 bits per heavy atom. The Morgan fingerprint density at radius 3 is 2.06 bits per heavy atom. The van der Waals surface area contributed by atoms with Gasteiger partial charge in [-0.1, -0.05) is 59.6 Å². The van der Waals surface area contributed by atoms with Gasteiger partial charge in [0.1, 0.15) is 5.69 Å². The summed E-state index contributed by atoms with van der Waals surface area (Å²) < 4.78 is 45.6. The molecule has 0 aliphatic rings. The van der Waals surface area contributed by atoms with E-state index in [2.05, 4.69) is 10.3 Å². The molecule has 0 saturated carbocycles. The fraction of sp³-hybridized carbons (Fsp3) is 0.0435. The van der Waals surface area contributed by atoms with Crippen LogP contribution in [-0.4, -0.2) is 10.9 Å². The van der Waals surface area contributed by atoms with Crippen LogP contribution in [-0.2, 0) is 6.18 Å². The zero-order valence-corrected chi connectivity index (χ0v) is 17.6. The summed E-state index contributed by atoms with van der Waals surface area (Å²) in [5.74, 6) is -1.89. The molecular weight excluding hydrogens is 464 g/mol. The van der Waals surface area contributed by atoms with Crippen LogP contribution in [0.5, 0.6) is 0 Å². The number of hydrogen-bond donors (Lipinski definition) is 1. The number of alkyl halides is 3. The summed E-state index contributed by atoms with van der Waals surface area (Å²) in [6.07, 6.45) is -4.71. The molecule has 0 aliphatic heterocycles. The van der Waals surface area contributed by atoms with E-state index in [0.717, 1.165) is 0 Å².